The van der Waals surface area contributed by atoms with Gasteiger partial charge in [-0.2, -0.15) is 0 Å². The van der Waals surface area contributed by atoms with E-state index in [1.807, 2.05) is 36.4 Å². The second-order valence-corrected chi connectivity index (χ2v) is 7.00. The first-order valence-electron chi connectivity index (χ1n) is 8.42. The van der Waals surface area contributed by atoms with Crippen LogP contribution in [0, 0.1) is 5.92 Å². The molecule has 1 aliphatic rings. The first kappa shape index (κ1) is 17.5. The molecule has 2 amide bonds. The van der Waals surface area contributed by atoms with E-state index in [0.29, 0.717) is 23.2 Å². The third-order valence-electron chi connectivity index (χ3n) is 4.48. The van der Waals surface area contributed by atoms with Gasteiger partial charge in [-0.25, -0.2) is 0 Å². The topological polar surface area (TPSA) is 49.4 Å². The SMILES string of the molecule is CC(C)c1ccccc1NC(=O)C1CC(=O)N(c2ccccc2Cl)C1. The predicted octanol–water partition coefficient (Wildman–Crippen LogP) is 4.46. The third-order valence-corrected chi connectivity index (χ3v) is 4.80. The number of benzene rings is 2. The lowest BCUT2D eigenvalue weighted by Gasteiger charge is -2.18. The molecule has 1 heterocycles. The maximum absolute atomic E-state index is 12.7. The van der Waals surface area contributed by atoms with Gasteiger partial charge in [0.15, 0.2) is 0 Å². The number of carbonyl (C=O) groups is 2. The highest BCUT2D eigenvalue weighted by Gasteiger charge is 2.36. The van der Waals surface area contributed by atoms with Crippen molar-refractivity contribution in [1.29, 1.82) is 0 Å². The van der Waals surface area contributed by atoms with Crippen molar-refractivity contribution in [3.05, 3.63) is 59.1 Å². The van der Waals surface area contributed by atoms with Gasteiger partial charge in [0.25, 0.3) is 0 Å². The molecule has 0 spiro atoms. The molecular weight excluding hydrogens is 336 g/mol. The van der Waals surface area contributed by atoms with E-state index in [9.17, 15) is 9.59 Å². The number of rotatable bonds is 4. The quantitative estimate of drug-likeness (QED) is 0.879. The van der Waals surface area contributed by atoms with Crippen LogP contribution in [0.5, 0.6) is 0 Å². The number of amides is 2. The molecule has 1 atom stereocenters. The Morgan fingerprint density at radius 2 is 1.84 bits per heavy atom. The minimum atomic E-state index is -0.385. The third kappa shape index (κ3) is 3.69. The van der Waals surface area contributed by atoms with E-state index >= 15 is 0 Å². The molecule has 0 radical (unpaired) electrons. The molecule has 5 heteroatoms. The Bertz CT molecular complexity index is 804. The summed E-state index contributed by atoms with van der Waals surface area (Å²) >= 11 is 6.19. The summed E-state index contributed by atoms with van der Waals surface area (Å²) in [4.78, 5) is 26.6. The van der Waals surface area contributed by atoms with Gasteiger partial charge in [-0.1, -0.05) is 55.8 Å². The molecule has 2 aromatic carbocycles. The Balaban J connectivity index is 1.75. The highest BCUT2D eigenvalue weighted by atomic mass is 35.5. The zero-order chi connectivity index (χ0) is 18.0. The van der Waals surface area contributed by atoms with Crippen LogP contribution in [0.1, 0.15) is 31.7 Å². The Morgan fingerprint density at radius 3 is 2.56 bits per heavy atom. The molecule has 1 fully saturated rings. The van der Waals surface area contributed by atoms with Crippen molar-refractivity contribution in [2.75, 3.05) is 16.8 Å². The van der Waals surface area contributed by atoms with Crippen LogP contribution in [0.2, 0.25) is 5.02 Å². The van der Waals surface area contributed by atoms with Crippen LogP contribution in [0.4, 0.5) is 11.4 Å². The summed E-state index contributed by atoms with van der Waals surface area (Å²) in [5, 5.41) is 3.51. The van der Waals surface area contributed by atoms with Crippen LogP contribution in [0.3, 0.4) is 0 Å². The van der Waals surface area contributed by atoms with Gasteiger partial charge >= 0.3 is 0 Å². The first-order valence-corrected chi connectivity index (χ1v) is 8.80. The van der Waals surface area contributed by atoms with E-state index in [-0.39, 0.29) is 24.2 Å². The fraction of sp³-hybridized carbons (Fsp3) is 0.300. The summed E-state index contributed by atoms with van der Waals surface area (Å²) in [6.07, 6.45) is 0.195. The molecule has 3 rings (SSSR count). The van der Waals surface area contributed by atoms with Crippen molar-refractivity contribution in [3.63, 3.8) is 0 Å². The molecule has 0 bridgehead atoms. The van der Waals surface area contributed by atoms with Crippen LogP contribution in [-0.2, 0) is 9.59 Å². The summed E-state index contributed by atoms with van der Waals surface area (Å²) < 4.78 is 0. The molecule has 0 saturated carbocycles. The molecule has 25 heavy (non-hydrogen) atoms. The minimum Gasteiger partial charge on any atom is -0.326 e. The zero-order valence-electron chi connectivity index (χ0n) is 14.3. The Hall–Kier alpha value is -2.33. The smallest absolute Gasteiger partial charge is 0.229 e. The molecule has 0 aromatic heterocycles. The number of halogens is 1. The number of carbonyl (C=O) groups excluding carboxylic acids is 2. The van der Waals surface area contributed by atoms with Gasteiger partial charge in [0.05, 0.1) is 16.6 Å². The normalized spacial score (nSPS) is 17.2. The van der Waals surface area contributed by atoms with E-state index < -0.39 is 0 Å². The fourth-order valence-electron chi connectivity index (χ4n) is 3.14. The van der Waals surface area contributed by atoms with Crippen molar-refractivity contribution in [1.82, 2.24) is 0 Å². The lowest BCUT2D eigenvalue weighted by molar-refractivity contribution is -0.122. The summed E-state index contributed by atoms with van der Waals surface area (Å²) in [6, 6.07) is 15.0. The van der Waals surface area contributed by atoms with Crippen molar-refractivity contribution >= 4 is 34.8 Å². The number of hydrogen-bond acceptors (Lipinski definition) is 2. The average Bonchev–Trinajstić information content (AvgIpc) is 2.97. The van der Waals surface area contributed by atoms with Gasteiger partial charge in [0.1, 0.15) is 0 Å². The lowest BCUT2D eigenvalue weighted by Crippen LogP contribution is -2.28. The molecule has 1 unspecified atom stereocenters. The van der Waals surface area contributed by atoms with Gasteiger partial charge in [0, 0.05) is 18.7 Å². The monoisotopic (exact) mass is 356 g/mol. The number of nitrogens with one attached hydrogen (secondary N) is 1. The molecule has 2 aromatic rings. The summed E-state index contributed by atoms with van der Waals surface area (Å²) in [5.74, 6) is -0.285. The predicted molar refractivity (Wildman–Crippen MR) is 101 cm³/mol. The number of anilines is 2. The van der Waals surface area contributed by atoms with Gasteiger partial charge in [0.2, 0.25) is 11.8 Å². The Kier molecular flexibility index (Phi) is 5.09. The van der Waals surface area contributed by atoms with Crippen LogP contribution in [0.25, 0.3) is 0 Å². The average molecular weight is 357 g/mol. The lowest BCUT2D eigenvalue weighted by atomic mass is 10.0. The summed E-state index contributed by atoms with van der Waals surface area (Å²) in [5.41, 5.74) is 2.56. The van der Waals surface area contributed by atoms with Crippen molar-refractivity contribution in [3.8, 4) is 0 Å². The van der Waals surface area contributed by atoms with Gasteiger partial charge < -0.3 is 10.2 Å². The van der Waals surface area contributed by atoms with Crippen molar-refractivity contribution in [2.24, 2.45) is 5.92 Å². The van der Waals surface area contributed by atoms with Crippen LogP contribution in [0.15, 0.2) is 48.5 Å². The largest absolute Gasteiger partial charge is 0.326 e. The maximum Gasteiger partial charge on any atom is 0.229 e. The van der Waals surface area contributed by atoms with E-state index in [4.69, 9.17) is 11.6 Å². The van der Waals surface area contributed by atoms with E-state index in [1.54, 1.807) is 17.0 Å². The second-order valence-electron chi connectivity index (χ2n) is 6.59. The zero-order valence-corrected chi connectivity index (χ0v) is 15.1. The van der Waals surface area contributed by atoms with Gasteiger partial charge in [-0.05, 0) is 29.7 Å². The number of nitrogens with zero attached hydrogens (tertiary/aromatic N) is 1. The molecule has 130 valence electrons. The minimum absolute atomic E-state index is 0.0783. The molecule has 4 nitrogen and oxygen atoms in total. The molecule has 1 saturated heterocycles. The summed E-state index contributed by atoms with van der Waals surface area (Å²) in [7, 11) is 0. The second kappa shape index (κ2) is 7.28. The Labute approximate surface area is 152 Å². The van der Waals surface area contributed by atoms with Crippen molar-refractivity contribution in [2.45, 2.75) is 26.2 Å². The van der Waals surface area contributed by atoms with Crippen molar-refractivity contribution < 1.29 is 9.59 Å². The van der Waals surface area contributed by atoms with Crippen LogP contribution >= 0.6 is 11.6 Å². The molecule has 1 N–H and O–H groups in total. The van der Waals surface area contributed by atoms with E-state index in [0.717, 1.165) is 11.3 Å². The standard InChI is InChI=1S/C20H21ClN2O2/c1-13(2)15-7-3-5-9-17(15)22-20(25)14-11-19(24)23(12-14)18-10-6-4-8-16(18)21/h3-10,13-14H,11-12H2,1-2H3,(H,22,25). The Morgan fingerprint density at radius 1 is 1.16 bits per heavy atom. The van der Waals surface area contributed by atoms with E-state index in [1.165, 1.54) is 0 Å². The van der Waals surface area contributed by atoms with E-state index in [2.05, 4.69) is 19.2 Å². The highest BCUT2D eigenvalue weighted by molar-refractivity contribution is 6.33. The van der Waals surface area contributed by atoms with Gasteiger partial charge in [-0.3, -0.25) is 9.59 Å². The highest BCUT2D eigenvalue weighted by Crippen LogP contribution is 2.32. The number of hydrogen-bond donors (Lipinski definition) is 1. The van der Waals surface area contributed by atoms with Crippen LogP contribution < -0.4 is 10.2 Å². The summed E-state index contributed by atoms with van der Waals surface area (Å²) in [6.45, 7) is 4.52. The molecule has 1 aliphatic heterocycles. The molecule has 0 aliphatic carbocycles. The first-order chi connectivity index (χ1) is 12.0. The molecular formula is C20H21ClN2O2. The maximum atomic E-state index is 12.7. The number of para-hydroxylation sites is 2. The van der Waals surface area contributed by atoms with Gasteiger partial charge in [-0.15, -0.1) is 0 Å². The van der Waals surface area contributed by atoms with Crippen LogP contribution in [-0.4, -0.2) is 18.4 Å². The fourth-order valence-corrected chi connectivity index (χ4v) is 3.37.